The predicted octanol–water partition coefficient (Wildman–Crippen LogP) is 2.75. The number of anilines is 2. The summed E-state index contributed by atoms with van der Waals surface area (Å²) < 4.78 is 0. The third-order valence-corrected chi connectivity index (χ3v) is 4.14. The van der Waals surface area contributed by atoms with Crippen molar-refractivity contribution in [3.63, 3.8) is 0 Å². The van der Waals surface area contributed by atoms with E-state index in [0.29, 0.717) is 11.9 Å². The molecule has 1 saturated carbocycles. The van der Waals surface area contributed by atoms with E-state index < -0.39 is 0 Å². The van der Waals surface area contributed by atoms with Gasteiger partial charge in [0.2, 0.25) is 0 Å². The second-order valence-electron chi connectivity index (χ2n) is 4.18. The van der Waals surface area contributed by atoms with Crippen LogP contribution >= 0.6 is 11.8 Å². The van der Waals surface area contributed by atoms with Gasteiger partial charge >= 0.3 is 0 Å². The van der Waals surface area contributed by atoms with Crippen LogP contribution in [-0.4, -0.2) is 22.0 Å². The lowest BCUT2D eigenvalue weighted by molar-refractivity contribution is 0.752. The van der Waals surface area contributed by atoms with Crippen LogP contribution in [0.3, 0.4) is 0 Å². The molecule has 0 aliphatic heterocycles. The van der Waals surface area contributed by atoms with E-state index in [0.717, 1.165) is 11.1 Å². The summed E-state index contributed by atoms with van der Waals surface area (Å²) in [6.07, 6.45) is 3.81. The number of pyridine rings is 1. The Labute approximate surface area is 101 Å². The zero-order chi connectivity index (χ0) is 11.4. The summed E-state index contributed by atoms with van der Waals surface area (Å²) in [6.45, 7) is 2.23. The van der Waals surface area contributed by atoms with Crippen LogP contribution in [-0.2, 0) is 0 Å². The minimum atomic E-state index is 0.568. The van der Waals surface area contributed by atoms with E-state index in [1.807, 2.05) is 18.2 Å². The number of rotatable bonds is 4. The number of nitrogens with one attached hydrogen (secondary N) is 1. The molecule has 3 N–H and O–H groups in total. The molecule has 2 rings (SSSR count). The number of hydrogen-bond acceptors (Lipinski definition) is 4. The summed E-state index contributed by atoms with van der Waals surface area (Å²) in [4.78, 5) is 4.27. The fourth-order valence-corrected chi connectivity index (χ4v) is 3.34. The first-order valence-corrected chi connectivity index (χ1v) is 6.93. The molecular formula is C12H19N3S. The SMILES string of the molecule is CCSC1CCC(Nc2cccc(N)n2)C1. The molecule has 1 aliphatic rings. The summed E-state index contributed by atoms with van der Waals surface area (Å²) in [5.41, 5.74) is 5.65. The molecule has 0 radical (unpaired) electrons. The number of thioether (sulfide) groups is 1. The van der Waals surface area contributed by atoms with Crippen molar-refractivity contribution in [3.8, 4) is 0 Å². The Balaban J connectivity index is 1.87. The van der Waals surface area contributed by atoms with Gasteiger partial charge in [-0.1, -0.05) is 13.0 Å². The maximum atomic E-state index is 5.65. The normalized spacial score (nSPS) is 24.6. The Morgan fingerprint density at radius 3 is 3.12 bits per heavy atom. The second kappa shape index (κ2) is 5.43. The largest absolute Gasteiger partial charge is 0.384 e. The van der Waals surface area contributed by atoms with E-state index in [-0.39, 0.29) is 0 Å². The average molecular weight is 237 g/mol. The highest BCUT2D eigenvalue weighted by Gasteiger charge is 2.24. The summed E-state index contributed by atoms with van der Waals surface area (Å²) in [5, 5.41) is 4.29. The van der Waals surface area contributed by atoms with Crippen molar-refractivity contribution in [1.82, 2.24) is 4.98 Å². The van der Waals surface area contributed by atoms with Crippen molar-refractivity contribution >= 4 is 23.4 Å². The average Bonchev–Trinajstić information content (AvgIpc) is 2.66. The lowest BCUT2D eigenvalue weighted by Gasteiger charge is -2.13. The first-order valence-electron chi connectivity index (χ1n) is 5.88. The number of aromatic nitrogens is 1. The molecule has 1 aromatic rings. The predicted molar refractivity (Wildman–Crippen MR) is 71.8 cm³/mol. The fourth-order valence-electron chi connectivity index (χ4n) is 2.20. The summed E-state index contributed by atoms with van der Waals surface area (Å²) in [5.74, 6) is 2.71. The number of nitrogens with two attached hydrogens (primary N) is 1. The van der Waals surface area contributed by atoms with Crippen molar-refractivity contribution in [2.45, 2.75) is 37.5 Å². The maximum absolute atomic E-state index is 5.65. The van der Waals surface area contributed by atoms with E-state index >= 15 is 0 Å². The molecule has 1 aromatic heterocycles. The summed E-state index contributed by atoms with van der Waals surface area (Å²) in [7, 11) is 0. The molecule has 0 amide bonds. The Morgan fingerprint density at radius 2 is 2.38 bits per heavy atom. The van der Waals surface area contributed by atoms with Gasteiger partial charge in [-0.05, 0) is 37.1 Å². The van der Waals surface area contributed by atoms with Gasteiger partial charge in [0.25, 0.3) is 0 Å². The van der Waals surface area contributed by atoms with Gasteiger partial charge in [-0.2, -0.15) is 11.8 Å². The molecule has 0 spiro atoms. The van der Waals surface area contributed by atoms with Crippen LogP contribution in [0.25, 0.3) is 0 Å². The monoisotopic (exact) mass is 237 g/mol. The van der Waals surface area contributed by atoms with E-state index in [9.17, 15) is 0 Å². The van der Waals surface area contributed by atoms with Crippen LogP contribution in [0.15, 0.2) is 18.2 Å². The van der Waals surface area contributed by atoms with Gasteiger partial charge in [0, 0.05) is 11.3 Å². The summed E-state index contributed by atoms with van der Waals surface area (Å²) >= 11 is 2.07. The van der Waals surface area contributed by atoms with Gasteiger partial charge < -0.3 is 11.1 Å². The molecule has 0 bridgehead atoms. The van der Waals surface area contributed by atoms with Crippen LogP contribution < -0.4 is 11.1 Å². The quantitative estimate of drug-likeness (QED) is 0.845. The number of nitrogens with zero attached hydrogens (tertiary/aromatic N) is 1. The fraction of sp³-hybridized carbons (Fsp3) is 0.583. The Morgan fingerprint density at radius 1 is 1.50 bits per heavy atom. The van der Waals surface area contributed by atoms with Crippen LogP contribution in [0, 0.1) is 0 Å². The van der Waals surface area contributed by atoms with Crippen LogP contribution in [0.4, 0.5) is 11.6 Å². The molecule has 0 aromatic carbocycles. The smallest absolute Gasteiger partial charge is 0.128 e. The lowest BCUT2D eigenvalue weighted by Crippen LogP contribution is -2.17. The zero-order valence-corrected chi connectivity index (χ0v) is 10.5. The molecular weight excluding hydrogens is 218 g/mol. The molecule has 16 heavy (non-hydrogen) atoms. The summed E-state index contributed by atoms with van der Waals surface area (Å²) in [6, 6.07) is 6.31. The van der Waals surface area contributed by atoms with Gasteiger partial charge in [0.1, 0.15) is 11.6 Å². The first kappa shape index (κ1) is 11.6. The van der Waals surface area contributed by atoms with Gasteiger partial charge in [0.15, 0.2) is 0 Å². The highest BCUT2D eigenvalue weighted by atomic mass is 32.2. The number of hydrogen-bond donors (Lipinski definition) is 2. The second-order valence-corrected chi connectivity index (χ2v) is 5.76. The standard InChI is InChI=1S/C12H19N3S/c1-2-16-10-7-6-9(8-10)14-12-5-3-4-11(13)15-12/h3-5,9-10H,2,6-8H2,1H3,(H3,13,14,15). The molecule has 1 aliphatic carbocycles. The topological polar surface area (TPSA) is 50.9 Å². The van der Waals surface area contributed by atoms with Crippen LogP contribution in [0.5, 0.6) is 0 Å². The van der Waals surface area contributed by atoms with Crippen LogP contribution in [0.2, 0.25) is 0 Å². The van der Waals surface area contributed by atoms with E-state index in [1.165, 1.54) is 25.0 Å². The first-order chi connectivity index (χ1) is 7.78. The van der Waals surface area contributed by atoms with Crippen molar-refractivity contribution in [2.75, 3.05) is 16.8 Å². The molecule has 2 atom stereocenters. The molecule has 1 heterocycles. The van der Waals surface area contributed by atoms with E-state index in [1.54, 1.807) is 0 Å². The van der Waals surface area contributed by atoms with Gasteiger partial charge in [-0.15, -0.1) is 0 Å². The molecule has 2 unspecified atom stereocenters. The third kappa shape index (κ3) is 3.04. The minimum Gasteiger partial charge on any atom is -0.384 e. The van der Waals surface area contributed by atoms with Crippen molar-refractivity contribution in [2.24, 2.45) is 0 Å². The van der Waals surface area contributed by atoms with Crippen molar-refractivity contribution < 1.29 is 0 Å². The lowest BCUT2D eigenvalue weighted by atomic mass is 10.2. The maximum Gasteiger partial charge on any atom is 0.128 e. The van der Waals surface area contributed by atoms with Crippen molar-refractivity contribution in [1.29, 1.82) is 0 Å². The number of nitrogen functional groups attached to an aromatic ring is 1. The van der Waals surface area contributed by atoms with Gasteiger partial charge in [-0.3, -0.25) is 0 Å². The Bertz CT molecular complexity index is 343. The van der Waals surface area contributed by atoms with E-state index in [2.05, 4.69) is 29.0 Å². The molecule has 4 heteroatoms. The van der Waals surface area contributed by atoms with Gasteiger partial charge in [-0.25, -0.2) is 4.98 Å². The third-order valence-electron chi connectivity index (χ3n) is 2.91. The molecule has 3 nitrogen and oxygen atoms in total. The van der Waals surface area contributed by atoms with Gasteiger partial charge in [0.05, 0.1) is 0 Å². The molecule has 1 fully saturated rings. The molecule has 0 saturated heterocycles. The zero-order valence-electron chi connectivity index (χ0n) is 9.65. The van der Waals surface area contributed by atoms with Crippen LogP contribution in [0.1, 0.15) is 26.2 Å². The van der Waals surface area contributed by atoms with E-state index in [4.69, 9.17) is 5.73 Å². The minimum absolute atomic E-state index is 0.568. The Hall–Kier alpha value is -0.900. The highest BCUT2D eigenvalue weighted by molar-refractivity contribution is 7.99. The molecule has 88 valence electrons. The highest BCUT2D eigenvalue weighted by Crippen LogP contribution is 2.31. The van der Waals surface area contributed by atoms with Crippen molar-refractivity contribution in [3.05, 3.63) is 18.2 Å². The Kier molecular flexibility index (Phi) is 3.93.